The molecule has 0 fully saturated rings. The predicted octanol–water partition coefficient (Wildman–Crippen LogP) is 11.5. The minimum Gasteiger partial charge on any atom is -0.340 e. The van der Waals surface area contributed by atoms with Crippen molar-refractivity contribution in [2.24, 2.45) is 14.1 Å². The number of unbranched alkanes of at least 4 members (excludes halogenated alkanes) is 5. The first-order chi connectivity index (χ1) is 28.1. The van der Waals surface area contributed by atoms with Crippen molar-refractivity contribution in [3.63, 3.8) is 0 Å². The van der Waals surface area contributed by atoms with E-state index in [1.165, 1.54) is 53.9 Å². The molecule has 278 valence electrons. The smallest absolute Gasteiger partial charge is 0.140 e. The number of pyridine rings is 4. The molecule has 57 heavy (non-hydrogen) atoms. The predicted molar refractivity (Wildman–Crippen MR) is 233 cm³/mol. The minimum absolute atomic E-state index is 0.876. The Morgan fingerprint density at radius 1 is 0.439 bits per heavy atom. The molecule has 0 amide bonds. The summed E-state index contributed by atoms with van der Waals surface area (Å²) in [6, 6.07) is 30.2. The molecule has 0 N–H and O–H groups in total. The minimum atomic E-state index is 0.876. The molecule has 0 aliphatic rings. The topological polar surface area (TPSA) is 92.1 Å². The van der Waals surface area contributed by atoms with Gasteiger partial charge in [-0.15, -0.1) is 0 Å². The Kier molecular flexibility index (Phi) is 7.77. The Morgan fingerprint density at radius 3 is 1.33 bits per heavy atom. The van der Waals surface area contributed by atoms with Crippen LogP contribution in [-0.2, 0) is 20.6 Å². The van der Waals surface area contributed by atoms with E-state index in [-0.39, 0.29) is 0 Å². The number of aromatic nitrogens is 9. The van der Waals surface area contributed by atoms with Gasteiger partial charge in [0, 0.05) is 99.9 Å². The van der Waals surface area contributed by atoms with Crippen molar-refractivity contribution in [2.75, 3.05) is 0 Å². The van der Waals surface area contributed by atoms with E-state index in [1.54, 1.807) is 0 Å². The number of benzene rings is 4. The number of imidazole rings is 2. The monoisotopic (exact) mass is 743 g/mol. The van der Waals surface area contributed by atoms with E-state index in [4.69, 9.17) is 29.9 Å². The Labute approximate surface area is 328 Å². The maximum atomic E-state index is 5.36. The number of nitrogens with zero attached hydrogens (tertiary/aromatic N) is 9. The maximum Gasteiger partial charge on any atom is 0.140 e. The third kappa shape index (κ3) is 5.07. The van der Waals surface area contributed by atoms with Crippen LogP contribution in [0.3, 0.4) is 0 Å². The van der Waals surface area contributed by atoms with E-state index in [2.05, 4.69) is 95.4 Å². The summed E-state index contributed by atoms with van der Waals surface area (Å²) in [7, 11) is 4.24. The molecule has 4 aromatic carbocycles. The van der Waals surface area contributed by atoms with E-state index in [0.717, 1.165) is 101 Å². The van der Waals surface area contributed by atoms with Crippen LogP contribution in [0.4, 0.5) is 0 Å². The summed E-state index contributed by atoms with van der Waals surface area (Å²) in [4.78, 5) is 29.7. The zero-order chi connectivity index (χ0) is 38.2. The van der Waals surface area contributed by atoms with Crippen LogP contribution < -0.4 is 0 Å². The van der Waals surface area contributed by atoms with Crippen molar-refractivity contribution in [1.82, 2.24) is 43.6 Å². The highest BCUT2D eigenvalue weighted by Crippen LogP contribution is 2.40. The lowest BCUT2D eigenvalue weighted by molar-refractivity contribution is 0.571. The van der Waals surface area contributed by atoms with Gasteiger partial charge in [0.2, 0.25) is 0 Å². The first-order valence-corrected chi connectivity index (χ1v) is 20.1. The number of fused-ring (bicyclic) bond motifs is 15. The van der Waals surface area contributed by atoms with E-state index in [9.17, 15) is 0 Å². The quantitative estimate of drug-likeness (QED) is 0.108. The van der Waals surface area contributed by atoms with Crippen LogP contribution in [0.2, 0.25) is 0 Å². The molecule has 0 aliphatic carbocycles. The number of aryl methyl sites for hydroxylation is 3. The van der Waals surface area contributed by atoms with E-state index < -0.39 is 0 Å². The van der Waals surface area contributed by atoms with Gasteiger partial charge in [0.05, 0.1) is 44.1 Å². The highest BCUT2D eigenvalue weighted by molar-refractivity contribution is 6.22. The first-order valence-electron chi connectivity index (χ1n) is 20.1. The van der Waals surface area contributed by atoms with Gasteiger partial charge >= 0.3 is 0 Å². The van der Waals surface area contributed by atoms with Crippen molar-refractivity contribution in [2.45, 2.75) is 52.0 Å². The Bertz CT molecular complexity index is 3170. The van der Waals surface area contributed by atoms with Gasteiger partial charge < -0.3 is 13.7 Å². The molecule has 0 unspecified atom stereocenters. The van der Waals surface area contributed by atoms with Crippen LogP contribution >= 0.6 is 0 Å². The molecule has 0 saturated carbocycles. The molecule has 9 heteroatoms. The molecule has 0 atom stereocenters. The third-order valence-electron chi connectivity index (χ3n) is 12.0. The van der Waals surface area contributed by atoms with Crippen molar-refractivity contribution in [3.8, 4) is 22.8 Å². The van der Waals surface area contributed by atoms with Crippen molar-refractivity contribution >= 4 is 87.5 Å². The van der Waals surface area contributed by atoms with Gasteiger partial charge in [-0.3, -0.25) is 19.9 Å². The number of hydrogen-bond donors (Lipinski definition) is 0. The summed E-state index contributed by atoms with van der Waals surface area (Å²) >= 11 is 0. The number of hydrogen-bond acceptors (Lipinski definition) is 6. The Balaban J connectivity index is 1.11. The summed E-state index contributed by atoms with van der Waals surface area (Å²) < 4.78 is 6.98. The SMILES string of the molecule is CCCCCCCCn1c2ccc(-c3nc4c5cccnc5c5ncccc5c4n3C)cc2c2cc(-c3nc4c5cccnc5c5ncccc5c4n3C)ccc21. The molecule has 0 radical (unpaired) electrons. The van der Waals surface area contributed by atoms with Crippen LogP contribution in [0.25, 0.3) is 110 Å². The summed E-state index contributed by atoms with van der Waals surface area (Å²) in [5.74, 6) is 1.83. The zero-order valence-electron chi connectivity index (χ0n) is 32.4. The van der Waals surface area contributed by atoms with Gasteiger partial charge in [-0.2, -0.15) is 0 Å². The normalized spacial score (nSPS) is 12.3. The maximum absolute atomic E-state index is 5.36. The van der Waals surface area contributed by atoms with Gasteiger partial charge in [-0.25, -0.2) is 9.97 Å². The lowest BCUT2D eigenvalue weighted by Crippen LogP contribution is -1.98. The van der Waals surface area contributed by atoms with Gasteiger partial charge in [0.1, 0.15) is 11.6 Å². The van der Waals surface area contributed by atoms with Crippen molar-refractivity contribution in [1.29, 1.82) is 0 Å². The van der Waals surface area contributed by atoms with E-state index >= 15 is 0 Å². The second-order valence-corrected chi connectivity index (χ2v) is 15.4. The second kappa shape index (κ2) is 13.2. The molecule has 11 rings (SSSR count). The second-order valence-electron chi connectivity index (χ2n) is 15.4. The summed E-state index contributed by atoms with van der Waals surface area (Å²) in [6.07, 6.45) is 14.9. The van der Waals surface area contributed by atoms with Crippen LogP contribution in [0.1, 0.15) is 45.4 Å². The molecule has 11 aromatic rings. The van der Waals surface area contributed by atoms with Crippen molar-refractivity contribution in [3.05, 3.63) is 110 Å². The fraction of sp³-hybridized carbons (Fsp3) is 0.208. The standard InChI is InChI=1S/C48H41N9/c1-4-5-6-7-8-9-26-57-37-20-18-29(47-53-43-31-14-10-22-49-39(31)41-33(16-12-24-51-41)45(43)55(47)2)27-35(37)36-28-30(19-21-38(36)57)48-54-44-32-15-11-23-50-40(32)42-34(17-13-25-52-42)46(44)56(48)3/h10-25,27-28H,4-9,26H2,1-3H3. The molecular formula is C48H41N9. The van der Waals surface area contributed by atoms with Crippen LogP contribution in [0, 0.1) is 0 Å². The van der Waals surface area contributed by atoms with Crippen LogP contribution in [0.5, 0.6) is 0 Å². The van der Waals surface area contributed by atoms with Gasteiger partial charge in [-0.1, -0.05) is 39.0 Å². The fourth-order valence-corrected chi connectivity index (χ4v) is 9.32. The summed E-state index contributed by atoms with van der Waals surface area (Å²) in [5.41, 5.74) is 12.2. The first kappa shape index (κ1) is 33.6. The molecule has 7 aromatic heterocycles. The Morgan fingerprint density at radius 2 is 0.860 bits per heavy atom. The Hall–Kier alpha value is -6.74. The average Bonchev–Trinajstić information content (AvgIpc) is 3.90. The molecule has 0 bridgehead atoms. The highest BCUT2D eigenvalue weighted by Gasteiger charge is 2.22. The van der Waals surface area contributed by atoms with Crippen LogP contribution in [-0.4, -0.2) is 43.6 Å². The lowest BCUT2D eigenvalue weighted by Gasteiger charge is -2.09. The third-order valence-corrected chi connectivity index (χ3v) is 12.0. The lowest BCUT2D eigenvalue weighted by atomic mass is 10.1. The van der Waals surface area contributed by atoms with Crippen LogP contribution in [0.15, 0.2) is 110 Å². The zero-order valence-corrected chi connectivity index (χ0v) is 32.4. The molecule has 0 spiro atoms. The van der Waals surface area contributed by atoms with Gasteiger partial charge in [0.25, 0.3) is 0 Å². The average molecular weight is 744 g/mol. The highest BCUT2D eigenvalue weighted by atomic mass is 15.1. The molecular weight excluding hydrogens is 703 g/mol. The molecule has 7 heterocycles. The van der Waals surface area contributed by atoms with E-state index in [1.807, 2.05) is 49.1 Å². The van der Waals surface area contributed by atoms with E-state index in [0.29, 0.717) is 0 Å². The fourth-order valence-electron chi connectivity index (χ4n) is 9.32. The van der Waals surface area contributed by atoms with Gasteiger partial charge in [0.15, 0.2) is 0 Å². The molecule has 0 aliphatic heterocycles. The molecule has 0 saturated heterocycles. The molecule has 9 nitrogen and oxygen atoms in total. The van der Waals surface area contributed by atoms with Gasteiger partial charge in [-0.05, 0) is 91.3 Å². The summed E-state index contributed by atoms with van der Waals surface area (Å²) in [5, 5.41) is 6.55. The summed E-state index contributed by atoms with van der Waals surface area (Å²) in [6.45, 7) is 3.25. The van der Waals surface area contributed by atoms with Crippen molar-refractivity contribution < 1.29 is 0 Å². The largest absolute Gasteiger partial charge is 0.340 e. The number of rotatable bonds is 9.